The first-order chi connectivity index (χ1) is 13.3. The minimum Gasteiger partial charge on any atom is -0.448 e. The molecule has 1 saturated heterocycles. The first kappa shape index (κ1) is 20.4. The number of amides is 1. The van der Waals surface area contributed by atoms with Crippen molar-refractivity contribution >= 4 is 17.5 Å². The predicted molar refractivity (Wildman–Crippen MR) is 107 cm³/mol. The number of carbonyl (C=O) groups is 1. The van der Waals surface area contributed by atoms with Gasteiger partial charge in [-0.25, -0.2) is 4.98 Å². The Morgan fingerprint density at radius 2 is 2.25 bits per heavy atom. The molecule has 0 bridgehead atoms. The van der Waals surface area contributed by atoms with Gasteiger partial charge in [0.15, 0.2) is 6.39 Å². The highest BCUT2D eigenvalue weighted by molar-refractivity contribution is 6.31. The summed E-state index contributed by atoms with van der Waals surface area (Å²) < 4.78 is 5.44. The summed E-state index contributed by atoms with van der Waals surface area (Å²) in [5, 5.41) is 13.3. The van der Waals surface area contributed by atoms with E-state index in [4.69, 9.17) is 16.0 Å². The number of aromatic nitrogens is 1. The van der Waals surface area contributed by atoms with Crippen LogP contribution >= 0.6 is 11.6 Å². The third-order valence-electron chi connectivity index (χ3n) is 5.41. The van der Waals surface area contributed by atoms with Crippen LogP contribution in [0, 0.1) is 18.3 Å². The topological polar surface area (TPSA) is 82.2 Å². The van der Waals surface area contributed by atoms with Gasteiger partial charge in [-0.15, -0.1) is 0 Å². The standard InChI is InChI=1S/C21H25ClN4O2/c1-14-20(24-13-28-14)19(16-8-4-5-9-17(16)22)21(2,3)25-12-18(27)26-10-6-7-15(26)11-23/h4-5,8-9,13,15,19,25H,6-7,10,12H2,1-3H3/t15-,19?/m0/s1. The molecular formula is C21H25ClN4O2. The quantitative estimate of drug-likeness (QED) is 0.800. The Labute approximate surface area is 170 Å². The minimum atomic E-state index is -0.538. The number of nitrogens with one attached hydrogen (secondary N) is 1. The molecule has 2 heterocycles. The van der Waals surface area contributed by atoms with Gasteiger partial charge in [-0.1, -0.05) is 29.8 Å². The largest absolute Gasteiger partial charge is 0.448 e. The van der Waals surface area contributed by atoms with E-state index in [0.29, 0.717) is 11.6 Å². The molecule has 1 aliphatic heterocycles. The van der Waals surface area contributed by atoms with Crippen LogP contribution in [-0.2, 0) is 4.79 Å². The number of benzene rings is 1. The van der Waals surface area contributed by atoms with E-state index >= 15 is 0 Å². The van der Waals surface area contributed by atoms with E-state index in [0.717, 1.165) is 29.9 Å². The molecule has 148 valence electrons. The van der Waals surface area contributed by atoms with E-state index in [1.54, 1.807) is 4.90 Å². The normalized spacial score (nSPS) is 18.1. The second-order valence-corrected chi connectivity index (χ2v) is 8.11. The van der Waals surface area contributed by atoms with E-state index in [2.05, 4.69) is 16.4 Å². The van der Waals surface area contributed by atoms with Gasteiger partial charge in [0.2, 0.25) is 5.91 Å². The van der Waals surface area contributed by atoms with Gasteiger partial charge < -0.3 is 14.6 Å². The lowest BCUT2D eigenvalue weighted by molar-refractivity contribution is -0.130. The van der Waals surface area contributed by atoms with E-state index in [1.807, 2.05) is 45.0 Å². The molecule has 1 amide bonds. The van der Waals surface area contributed by atoms with Crippen LogP contribution in [0.5, 0.6) is 0 Å². The Balaban J connectivity index is 1.85. The van der Waals surface area contributed by atoms with E-state index in [1.165, 1.54) is 6.39 Å². The number of oxazole rings is 1. The van der Waals surface area contributed by atoms with Crippen LogP contribution < -0.4 is 5.32 Å². The molecule has 6 nitrogen and oxygen atoms in total. The molecule has 0 spiro atoms. The lowest BCUT2D eigenvalue weighted by atomic mass is 9.79. The van der Waals surface area contributed by atoms with Crippen molar-refractivity contribution in [3.63, 3.8) is 0 Å². The lowest BCUT2D eigenvalue weighted by Crippen LogP contribution is -2.50. The summed E-state index contributed by atoms with van der Waals surface area (Å²) in [6.45, 7) is 6.69. The third-order valence-corrected chi connectivity index (χ3v) is 5.75. The van der Waals surface area contributed by atoms with Gasteiger partial charge in [0.25, 0.3) is 0 Å². The summed E-state index contributed by atoms with van der Waals surface area (Å²) in [5.74, 6) is 0.445. The monoisotopic (exact) mass is 400 g/mol. The number of rotatable bonds is 6. The first-order valence-corrected chi connectivity index (χ1v) is 9.81. The molecule has 1 N–H and O–H groups in total. The molecule has 2 aromatic rings. The number of hydrogen-bond donors (Lipinski definition) is 1. The molecule has 0 saturated carbocycles. The van der Waals surface area contributed by atoms with Crippen molar-refractivity contribution in [1.29, 1.82) is 5.26 Å². The molecule has 7 heteroatoms. The fraction of sp³-hybridized carbons (Fsp3) is 0.476. The van der Waals surface area contributed by atoms with Gasteiger partial charge in [-0.3, -0.25) is 4.79 Å². The van der Waals surface area contributed by atoms with Crippen LogP contribution in [0.2, 0.25) is 5.02 Å². The van der Waals surface area contributed by atoms with Gasteiger partial charge in [0.05, 0.1) is 18.3 Å². The number of halogens is 1. The highest BCUT2D eigenvalue weighted by Gasteiger charge is 2.37. The summed E-state index contributed by atoms with van der Waals surface area (Å²) in [5.41, 5.74) is 1.17. The van der Waals surface area contributed by atoms with Crippen LogP contribution in [0.4, 0.5) is 0 Å². The SMILES string of the molecule is Cc1ocnc1C(c1ccccc1Cl)C(C)(C)NCC(=O)N1CCC[C@H]1C#N. The average molecular weight is 401 g/mol. The molecule has 0 aliphatic carbocycles. The van der Waals surface area contributed by atoms with Crippen molar-refractivity contribution in [2.45, 2.75) is 51.1 Å². The Kier molecular flexibility index (Phi) is 6.07. The maximum atomic E-state index is 12.7. The molecule has 28 heavy (non-hydrogen) atoms. The molecule has 1 aromatic carbocycles. The molecule has 0 radical (unpaired) electrons. The van der Waals surface area contributed by atoms with Gasteiger partial charge in [-0.05, 0) is 45.2 Å². The smallest absolute Gasteiger partial charge is 0.237 e. The van der Waals surface area contributed by atoms with Crippen molar-refractivity contribution in [1.82, 2.24) is 15.2 Å². The fourth-order valence-corrected chi connectivity index (χ4v) is 4.13. The summed E-state index contributed by atoms with van der Waals surface area (Å²) in [6.07, 6.45) is 3.04. The zero-order valence-corrected chi connectivity index (χ0v) is 17.2. The number of aryl methyl sites for hydroxylation is 1. The predicted octanol–water partition coefficient (Wildman–Crippen LogP) is 3.65. The van der Waals surface area contributed by atoms with E-state index < -0.39 is 5.54 Å². The highest BCUT2D eigenvalue weighted by atomic mass is 35.5. The maximum absolute atomic E-state index is 12.7. The molecule has 2 atom stereocenters. The van der Waals surface area contributed by atoms with Crippen molar-refractivity contribution in [3.05, 3.63) is 52.7 Å². The van der Waals surface area contributed by atoms with E-state index in [9.17, 15) is 10.1 Å². The number of carbonyl (C=O) groups excluding carboxylic acids is 1. The lowest BCUT2D eigenvalue weighted by Gasteiger charge is -2.36. The Bertz CT molecular complexity index is 887. The van der Waals surface area contributed by atoms with Crippen molar-refractivity contribution in [2.75, 3.05) is 13.1 Å². The number of hydrogen-bond acceptors (Lipinski definition) is 5. The van der Waals surface area contributed by atoms with Gasteiger partial charge in [0, 0.05) is 23.0 Å². The average Bonchev–Trinajstić information content (AvgIpc) is 3.30. The van der Waals surface area contributed by atoms with Crippen LogP contribution in [-0.4, -0.2) is 40.5 Å². The summed E-state index contributed by atoms with van der Waals surface area (Å²) >= 11 is 6.50. The zero-order chi connectivity index (χ0) is 20.3. The molecule has 1 aromatic heterocycles. The molecule has 1 aliphatic rings. The van der Waals surface area contributed by atoms with Crippen LogP contribution in [0.15, 0.2) is 35.1 Å². The molecular weight excluding hydrogens is 376 g/mol. The summed E-state index contributed by atoms with van der Waals surface area (Å²) in [6, 6.07) is 9.54. The number of likely N-dealkylation sites (tertiary alicyclic amines) is 1. The number of nitriles is 1. The molecule has 1 fully saturated rings. The van der Waals surface area contributed by atoms with Crippen molar-refractivity contribution in [3.8, 4) is 6.07 Å². The van der Waals surface area contributed by atoms with Crippen LogP contribution in [0.25, 0.3) is 0 Å². The Morgan fingerprint density at radius 3 is 2.89 bits per heavy atom. The zero-order valence-electron chi connectivity index (χ0n) is 16.4. The highest BCUT2D eigenvalue weighted by Crippen LogP contribution is 2.38. The second kappa shape index (κ2) is 8.34. The van der Waals surface area contributed by atoms with Crippen molar-refractivity contribution in [2.24, 2.45) is 0 Å². The number of nitrogens with zero attached hydrogens (tertiary/aromatic N) is 3. The van der Waals surface area contributed by atoms with Crippen molar-refractivity contribution < 1.29 is 9.21 Å². The Hall–Kier alpha value is -2.36. The fourth-order valence-electron chi connectivity index (χ4n) is 3.88. The summed E-state index contributed by atoms with van der Waals surface area (Å²) in [4.78, 5) is 18.8. The summed E-state index contributed by atoms with van der Waals surface area (Å²) in [7, 11) is 0. The Morgan fingerprint density at radius 1 is 1.50 bits per heavy atom. The van der Waals surface area contributed by atoms with Gasteiger partial charge in [-0.2, -0.15) is 5.26 Å². The maximum Gasteiger partial charge on any atom is 0.237 e. The van der Waals surface area contributed by atoms with E-state index in [-0.39, 0.29) is 24.4 Å². The van der Waals surface area contributed by atoms with Gasteiger partial charge in [0.1, 0.15) is 11.8 Å². The minimum absolute atomic E-state index is 0.0630. The second-order valence-electron chi connectivity index (χ2n) is 7.70. The first-order valence-electron chi connectivity index (χ1n) is 9.43. The van der Waals surface area contributed by atoms with Crippen LogP contribution in [0.1, 0.15) is 49.6 Å². The molecule has 3 rings (SSSR count). The third kappa shape index (κ3) is 4.06. The van der Waals surface area contributed by atoms with Gasteiger partial charge >= 0.3 is 0 Å². The van der Waals surface area contributed by atoms with Crippen LogP contribution in [0.3, 0.4) is 0 Å². The molecule has 1 unspecified atom stereocenters.